The van der Waals surface area contributed by atoms with Crippen LogP contribution < -0.4 is 10.6 Å². The number of nitrogens with zero attached hydrogens (tertiary/aromatic N) is 2. The first-order valence-electron chi connectivity index (χ1n) is 7.25. The fourth-order valence-electron chi connectivity index (χ4n) is 2.54. The summed E-state index contributed by atoms with van der Waals surface area (Å²) >= 11 is 0. The number of aryl methyl sites for hydroxylation is 2. The fraction of sp³-hybridized carbons (Fsp3) is 0.375. The van der Waals surface area contributed by atoms with E-state index in [1.54, 1.807) is 0 Å². The second-order valence-electron chi connectivity index (χ2n) is 5.54. The molecule has 2 N–H and O–H groups in total. The van der Waals surface area contributed by atoms with Crippen LogP contribution in [0.1, 0.15) is 17.0 Å². The number of rotatable bonds is 4. The van der Waals surface area contributed by atoms with Gasteiger partial charge in [0.1, 0.15) is 0 Å². The molecule has 0 spiro atoms. The maximum absolute atomic E-state index is 11.9. The monoisotopic (exact) mass is 284 g/mol. The minimum Gasteiger partial charge on any atom is -0.352 e. The minimum atomic E-state index is 0.117. The molecule has 0 radical (unpaired) electrons. The third-order valence-electron chi connectivity index (χ3n) is 3.83. The quantitative estimate of drug-likeness (QED) is 0.890. The molecule has 5 heteroatoms. The predicted molar refractivity (Wildman–Crippen MR) is 81.2 cm³/mol. The highest BCUT2D eigenvalue weighted by atomic mass is 16.2. The van der Waals surface area contributed by atoms with Crippen molar-refractivity contribution in [2.75, 3.05) is 13.1 Å². The summed E-state index contributed by atoms with van der Waals surface area (Å²) in [5.41, 5.74) is 4.18. The van der Waals surface area contributed by atoms with Crippen molar-refractivity contribution in [3.63, 3.8) is 0 Å². The molecule has 3 rings (SSSR count). The highest BCUT2D eigenvalue weighted by Gasteiger charge is 2.24. The van der Waals surface area contributed by atoms with Crippen molar-refractivity contribution in [2.24, 2.45) is 5.92 Å². The smallest absolute Gasteiger partial charge is 0.225 e. The number of aromatic nitrogens is 2. The van der Waals surface area contributed by atoms with Crippen LogP contribution in [0.4, 0.5) is 0 Å². The molecule has 21 heavy (non-hydrogen) atoms. The summed E-state index contributed by atoms with van der Waals surface area (Å²) in [6, 6.07) is 10.1. The number of nitrogens with one attached hydrogen (secondary N) is 2. The maximum atomic E-state index is 11.9. The van der Waals surface area contributed by atoms with Crippen molar-refractivity contribution in [3.8, 4) is 5.69 Å². The third-order valence-corrected chi connectivity index (χ3v) is 3.83. The third kappa shape index (κ3) is 2.83. The molecular formula is C16H20N4O. The predicted octanol–water partition coefficient (Wildman–Crippen LogP) is 1.32. The fourth-order valence-corrected chi connectivity index (χ4v) is 2.54. The van der Waals surface area contributed by atoms with Gasteiger partial charge in [-0.2, -0.15) is 5.10 Å². The Kier molecular flexibility index (Phi) is 3.75. The molecule has 0 unspecified atom stereocenters. The number of carbonyl (C=O) groups excluding carboxylic acids is 1. The molecule has 2 heterocycles. The summed E-state index contributed by atoms with van der Waals surface area (Å²) < 4.78 is 1.93. The van der Waals surface area contributed by atoms with E-state index in [1.165, 1.54) is 0 Å². The van der Waals surface area contributed by atoms with Crippen molar-refractivity contribution in [1.29, 1.82) is 0 Å². The number of benzene rings is 1. The number of carbonyl (C=O) groups is 1. The molecule has 110 valence electrons. The van der Waals surface area contributed by atoms with Crippen molar-refractivity contribution >= 4 is 5.91 Å². The molecule has 1 fully saturated rings. The lowest BCUT2D eigenvalue weighted by Crippen LogP contribution is -2.50. The van der Waals surface area contributed by atoms with Crippen LogP contribution in [0.25, 0.3) is 5.69 Å². The van der Waals surface area contributed by atoms with Crippen molar-refractivity contribution in [3.05, 3.63) is 47.3 Å². The second kappa shape index (κ2) is 5.69. The Morgan fingerprint density at radius 3 is 2.76 bits per heavy atom. The highest BCUT2D eigenvalue weighted by Crippen LogP contribution is 2.17. The van der Waals surface area contributed by atoms with E-state index in [0.29, 0.717) is 6.54 Å². The molecule has 1 amide bonds. The van der Waals surface area contributed by atoms with Crippen molar-refractivity contribution < 1.29 is 4.79 Å². The Morgan fingerprint density at radius 1 is 1.38 bits per heavy atom. The maximum Gasteiger partial charge on any atom is 0.225 e. The van der Waals surface area contributed by atoms with Crippen LogP contribution in [0.3, 0.4) is 0 Å². The Morgan fingerprint density at radius 2 is 2.14 bits per heavy atom. The number of hydrogen-bond donors (Lipinski definition) is 2. The zero-order valence-corrected chi connectivity index (χ0v) is 12.4. The van der Waals surface area contributed by atoms with Gasteiger partial charge in [0.05, 0.1) is 17.3 Å². The van der Waals surface area contributed by atoms with Gasteiger partial charge in [-0.1, -0.05) is 18.2 Å². The minimum absolute atomic E-state index is 0.117. The normalized spacial score (nSPS) is 14.8. The summed E-state index contributed by atoms with van der Waals surface area (Å²) in [5.74, 6) is 0.239. The number of para-hydroxylation sites is 1. The topological polar surface area (TPSA) is 59.0 Å². The van der Waals surface area contributed by atoms with Crippen LogP contribution in [0.15, 0.2) is 30.3 Å². The van der Waals surface area contributed by atoms with Crippen LogP contribution in [0, 0.1) is 19.8 Å². The van der Waals surface area contributed by atoms with E-state index in [0.717, 1.165) is 35.7 Å². The SMILES string of the molecule is Cc1cc(C)n(-c2ccccc2CNC(=O)C2CNC2)n1. The lowest BCUT2D eigenvalue weighted by molar-refractivity contribution is -0.126. The van der Waals surface area contributed by atoms with Crippen LogP contribution in [0.2, 0.25) is 0 Å². The number of hydrogen-bond acceptors (Lipinski definition) is 3. The van der Waals surface area contributed by atoms with Crippen LogP contribution in [-0.4, -0.2) is 28.8 Å². The molecule has 1 saturated heterocycles. The first-order chi connectivity index (χ1) is 10.1. The van der Waals surface area contributed by atoms with Gasteiger partial charge < -0.3 is 10.6 Å². The molecule has 0 bridgehead atoms. The molecule has 1 aromatic heterocycles. The van der Waals surface area contributed by atoms with E-state index in [-0.39, 0.29) is 11.8 Å². The number of amides is 1. The molecular weight excluding hydrogens is 264 g/mol. The zero-order chi connectivity index (χ0) is 14.8. The van der Waals surface area contributed by atoms with Gasteiger partial charge >= 0.3 is 0 Å². The van der Waals surface area contributed by atoms with Gasteiger partial charge in [-0.05, 0) is 31.5 Å². The first kappa shape index (κ1) is 13.8. The highest BCUT2D eigenvalue weighted by molar-refractivity contribution is 5.80. The van der Waals surface area contributed by atoms with Gasteiger partial charge in [0.15, 0.2) is 0 Å². The molecule has 2 aromatic rings. The molecule has 1 aliphatic heterocycles. The van der Waals surface area contributed by atoms with E-state index in [1.807, 2.05) is 42.8 Å². The molecule has 1 aromatic carbocycles. The summed E-state index contributed by atoms with van der Waals surface area (Å²) in [6.45, 7) is 6.12. The lowest BCUT2D eigenvalue weighted by Gasteiger charge is -2.26. The van der Waals surface area contributed by atoms with Gasteiger partial charge in [-0.25, -0.2) is 4.68 Å². The van der Waals surface area contributed by atoms with E-state index in [2.05, 4.69) is 21.8 Å². The molecule has 1 aliphatic rings. The lowest BCUT2D eigenvalue weighted by atomic mass is 10.0. The summed E-state index contributed by atoms with van der Waals surface area (Å²) in [4.78, 5) is 11.9. The van der Waals surface area contributed by atoms with Crippen LogP contribution in [-0.2, 0) is 11.3 Å². The van der Waals surface area contributed by atoms with Crippen LogP contribution in [0.5, 0.6) is 0 Å². The molecule has 0 atom stereocenters. The van der Waals surface area contributed by atoms with E-state index in [4.69, 9.17) is 0 Å². The summed E-state index contributed by atoms with van der Waals surface area (Å²) in [6.07, 6.45) is 0. The van der Waals surface area contributed by atoms with Gasteiger partial charge in [0.2, 0.25) is 5.91 Å². The Hall–Kier alpha value is -2.14. The molecule has 0 aliphatic carbocycles. The van der Waals surface area contributed by atoms with E-state index < -0.39 is 0 Å². The van der Waals surface area contributed by atoms with E-state index in [9.17, 15) is 4.79 Å². The van der Waals surface area contributed by atoms with Gasteiger partial charge in [0.25, 0.3) is 0 Å². The average molecular weight is 284 g/mol. The largest absolute Gasteiger partial charge is 0.352 e. The van der Waals surface area contributed by atoms with Gasteiger partial charge in [-0.3, -0.25) is 4.79 Å². The Balaban J connectivity index is 1.79. The van der Waals surface area contributed by atoms with Crippen LogP contribution >= 0.6 is 0 Å². The Labute approximate surface area is 124 Å². The average Bonchev–Trinajstić information content (AvgIpc) is 2.73. The second-order valence-corrected chi connectivity index (χ2v) is 5.54. The summed E-state index contributed by atoms with van der Waals surface area (Å²) in [7, 11) is 0. The summed E-state index contributed by atoms with van der Waals surface area (Å²) in [5, 5.41) is 10.7. The Bertz CT molecular complexity index is 658. The zero-order valence-electron chi connectivity index (χ0n) is 12.4. The molecule has 0 saturated carbocycles. The van der Waals surface area contributed by atoms with Crippen molar-refractivity contribution in [1.82, 2.24) is 20.4 Å². The van der Waals surface area contributed by atoms with E-state index >= 15 is 0 Å². The van der Waals surface area contributed by atoms with Crippen molar-refractivity contribution in [2.45, 2.75) is 20.4 Å². The molecule has 5 nitrogen and oxygen atoms in total. The standard InChI is InChI=1S/C16H20N4O/c1-11-7-12(2)20(19-11)15-6-4-3-5-13(15)10-18-16(21)14-8-17-9-14/h3-7,14,17H,8-10H2,1-2H3,(H,18,21). The van der Waals surface area contributed by atoms with Gasteiger partial charge in [-0.15, -0.1) is 0 Å². The van der Waals surface area contributed by atoms with Gasteiger partial charge in [0, 0.05) is 25.3 Å². The first-order valence-corrected chi connectivity index (χ1v) is 7.25.